The van der Waals surface area contributed by atoms with Crippen LogP contribution in [-0.2, 0) is 19.1 Å². The molecule has 1 fully saturated rings. The average molecular weight is 270 g/mol. The van der Waals surface area contributed by atoms with Crippen molar-refractivity contribution in [2.75, 3.05) is 0 Å². The SMILES string of the molecule is CCC1(C(=O)O)CCC(=O)CC1C(=O)OC(C)(C)C. The molecule has 108 valence electrons. The van der Waals surface area contributed by atoms with Crippen molar-refractivity contribution in [2.24, 2.45) is 11.3 Å². The number of esters is 1. The van der Waals surface area contributed by atoms with Crippen LogP contribution in [0.1, 0.15) is 53.4 Å². The molecule has 0 bridgehead atoms. The van der Waals surface area contributed by atoms with Gasteiger partial charge in [-0.1, -0.05) is 6.92 Å². The number of hydrogen-bond acceptors (Lipinski definition) is 4. The lowest BCUT2D eigenvalue weighted by atomic mass is 9.64. The summed E-state index contributed by atoms with van der Waals surface area (Å²) in [5, 5.41) is 9.47. The average Bonchev–Trinajstić information content (AvgIpc) is 2.26. The maximum Gasteiger partial charge on any atom is 0.311 e. The molecule has 0 aliphatic heterocycles. The molecule has 0 aromatic heterocycles. The number of aliphatic carboxylic acids is 1. The van der Waals surface area contributed by atoms with Crippen LogP contribution in [0.3, 0.4) is 0 Å². The van der Waals surface area contributed by atoms with Crippen LogP contribution in [0.4, 0.5) is 0 Å². The van der Waals surface area contributed by atoms with Crippen molar-refractivity contribution >= 4 is 17.7 Å². The van der Waals surface area contributed by atoms with E-state index in [9.17, 15) is 19.5 Å². The molecule has 0 radical (unpaired) electrons. The Morgan fingerprint density at radius 2 is 2.00 bits per heavy atom. The summed E-state index contributed by atoms with van der Waals surface area (Å²) < 4.78 is 5.28. The highest BCUT2D eigenvalue weighted by Gasteiger charge is 2.52. The molecule has 0 heterocycles. The summed E-state index contributed by atoms with van der Waals surface area (Å²) in [6.45, 7) is 6.92. The minimum Gasteiger partial charge on any atom is -0.481 e. The van der Waals surface area contributed by atoms with Crippen molar-refractivity contribution in [2.45, 2.75) is 59.0 Å². The van der Waals surface area contributed by atoms with E-state index < -0.39 is 28.9 Å². The zero-order valence-corrected chi connectivity index (χ0v) is 12.0. The summed E-state index contributed by atoms with van der Waals surface area (Å²) in [5.41, 5.74) is -1.86. The minimum atomic E-state index is -1.17. The highest BCUT2D eigenvalue weighted by atomic mass is 16.6. The molecule has 0 aromatic carbocycles. The minimum absolute atomic E-state index is 0.0327. The van der Waals surface area contributed by atoms with Crippen molar-refractivity contribution in [1.82, 2.24) is 0 Å². The molecule has 0 amide bonds. The fourth-order valence-corrected chi connectivity index (χ4v) is 2.57. The predicted molar refractivity (Wildman–Crippen MR) is 68.6 cm³/mol. The first-order chi connectivity index (χ1) is 8.62. The zero-order chi connectivity index (χ0) is 14.8. The Morgan fingerprint density at radius 1 is 1.42 bits per heavy atom. The van der Waals surface area contributed by atoms with Crippen molar-refractivity contribution in [3.8, 4) is 0 Å². The van der Waals surface area contributed by atoms with Crippen LogP contribution in [0.15, 0.2) is 0 Å². The molecule has 0 spiro atoms. The van der Waals surface area contributed by atoms with Crippen LogP contribution in [0.5, 0.6) is 0 Å². The van der Waals surface area contributed by atoms with Gasteiger partial charge in [-0.05, 0) is 33.6 Å². The highest BCUT2D eigenvalue weighted by molar-refractivity contribution is 5.92. The molecule has 1 N–H and O–H groups in total. The summed E-state index contributed by atoms with van der Waals surface area (Å²) in [4.78, 5) is 35.3. The molecule has 19 heavy (non-hydrogen) atoms. The number of ketones is 1. The van der Waals surface area contributed by atoms with Crippen molar-refractivity contribution in [1.29, 1.82) is 0 Å². The third kappa shape index (κ3) is 3.33. The van der Waals surface area contributed by atoms with Gasteiger partial charge in [0.1, 0.15) is 11.4 Å². The summed E-state index contributed by atoms with van der Waals surface area (Å²) >= 11 is 0. The van der Waals surface area contributed by atoms with Crippen LogP contribution in [0, 0.1) is 11.3 Å². The van der Waals surface area contributed by atoms with Gasteiger partial charge in [0.25, 0.3) is 0 Å². The van der Waals surface area contributed by atoms with Gasteiger partial charge in [0.2, 0.25) is 0 Å². The van der Waals surface area contributed by atoms with Gasteiger partial charge in [-0.2, -0.15) is 0 Å². The molecule has 1 aliphatic carbocycles. The molecular formula is C14H22O5. The molecule has 5 heteroatoms. The van der Waals surface area contributed by atoms with E-state index >= 15 is 0 Å². The van der Waals surface area contributed by atoms with Gasteiger partial charge in [-0.3, -0.25) is 14.4 Å². The van der Waals surface area contributed by atoms with E-state index in [0.29, 0.717) is 6.42 Å². The van der Waals surface area contributed by atoms with E-state index in [4.69, 9.17) is 4.74 Å². The summed E-state index contributed by atoms with van der Waals surface area (Å²) in [5.74, 6) is -2.54. The van der Waals surface area contributed by atoms with Crippen LogP contribution in [0.25, 0.3) is 0 Å². The Bertz CT molecular complexity index is 393. The second kappa shape index (κ2) is 5.31. The largest absolute Gasteiger partial charge is 0.481 e. The molecule has 1 rings (SSSR count). The fraction of sp³-hybridized carbons (Fsp3) is 0.786. The maximum atomic E-state index is 12.2. The van der Waals surface area contributed by atoms with Gasteiger partial charge in [0.05, 0.1) is 11.3 Å². The number of hydrogen-bond donors (Lipinski definition) is 1. The van der Waals surface area contributed by atoms with E-state index in [1.807, 2.05) is 0 Å². The van der Waals surface area contributed by atoms with Crippen LogP contribution in [0.2, 0.25) is 0 Å². The lowest BCUT2D eigenvalue weighted by molar-refractivity contribution is -0.177. The highest BCUT2D eigenvalue weighted by Crippen LogP contribution is 2.44. The Kier molecular flexibility index (Phi) is 4.38. The van der Waals surface area contributed by atoms with Crippen molar-refractivity contribution in [3.63, 3.8) is 0 Å². The number of carbonyl (C=O) groups excluding carboxylic acids is 2. The van der Waals surface area contributed by atoms with E-state index in [1.54, 1.807) is 27.7 Å². The normalized spacial score (nSPS) is 28.0. The maximum absolute atomic E-state index is 12.2. The number of carbonyl (C=O) groups is 3. The second-order valence-corrected chi connectivity index (χ2v) is 6.14. The molecule has 5 nitrogen and oxygen atoms in total. The molecule has 1 aliphatic rings. The summed E-state index contributed by atoms with van der Waals surface area (Å²) in [6, 6.07) is 0. The Morgan fingerprint density at radius 3 is 2.42 bits per heavy atom. The van der Waals surface area contributed by atoms with Crippen LogP contribution in [-0.4, -0.2) is 28.4 Å². The number of Topliss-reactive ketones (excluding diaryl/α,β-unsaturated/α-hetero) is 1. The number of rotatable bonds is 3. The Hall–Kier alpha value is -1.39. The van der Waals surface area contributed by atoms with E-state index in [2.05, 4.69) is 0 Å². The van der Waals surface area contributed by atoms with Crippen molar-refractivity contribution < 1.29 is 24.2 Å². The van der Waals surface area contributed by atoms with Gasteiger partial charge in [-0.25, -0.2) is 0 Å². The van der Waals surface area contributed by atoms with Crippen LogP contribution >= 0.6 is 0 Å². The summed E-state index contributed by atoms with van der Waals surface area (Å²) in [6.07, 6.45) is 0.718. The van der Waals surface area contributed by atoms with Gasteiger partial charge in [0.15, 0.2) is 0 Å². The smallest absolute Gasteiger partial charge is 0.311 e. The number of carboxylic acids is 1. The van der Waals surface area contributed by atoms with E-state index in [0.717, 1.165) is 0 Å². The second-order valence-electron chi connectivity index (χ2n) is 6.14. The number of ether oxygens (including phenoxy) is 1. The molecule has 0 saturated heterocycles. The Balaban J connectivity index is 3.06. The topological polar surface area (TPSA) is 80.7 Å². The lowest BCUT2D eigenvalue weighted by Gasteiger charge is -2.39. The monoisotopic (exact) mass is 270 g/mol. The molecule has 2 atom stereocenters. The first-order valence-electron chi connectivity index (χ1n) is 6.60. The quantitative estimate of drug-likeness (QED) is 0.795. The van der Waals surface area contributed by atoms with E-state index in [-0.39, 0.29) is 25.0 Å². The standard InChI is InChI=1S/C14H22O5/c1-5-14(12(17)18)7-6-9(15)8-10(14)11(16)19-13(2,3)4/h10H,5-8H2,1-4H3,(H,17,18). The predicted octanol–water partition coefficient (Wildman–Crippen LogP) is 2.18. The lowest BCUT2D eigenvalue weighted by Crippen LogP contribution is -2.48. The van der Waals surface area contributed by atoms with Gasteiger partial charge in [-0.15, -0.1) is 0 Å². The van der Waals surface area contributed by atoms with Gasteiger partial charge in [0, 0.05) is 12.8 Å². The summed E-state index contributed by atoms with van der Waals surface area (Å²) in [7, 11) is 0. The third-order valence-corrected chi connectivity index (χ3v) is 3.70. The molecular weight excluding hydrogens is 248 g/mol. The van der Waals surface area contributed by atoms with Crippen molar-refractivity contribution in [3.05, 3.63) is 0 Å². The van der Waals surface area contributed by atoms with Gasteiger partial charge < -0.3 is 9.84 Å². The van der Waals surface area contributed by atoms with Crippen LogP contribution < -0.4 is 0 Å². The van der Waals surface area contributed by atoms with Gasteiger partial charge >= 0.3 is 11.9 Å². The third-order valence-electron chi connectivity index (χ3n) is 3.70. The van der Waals surface area contributed by atoms with E-state index in [1.165, 1.54) is 0 Å². The zero-order valence-electron chi connectivity index (χ0n) is 12.0. The Labute approximate surface area is 113 Å². The first kappa shape index (κ1) is 15.7. The molecule has 1 saturated carbocycles. The fourth-order valence-electron chi connectivity index (χ4n) is 2.57. The molecule has 2 unspecified atom stereocenters. The molecule has 0 aromatic rings. The first-order valence-corrected chi connectivity index (χ1v) is 6.60. The number of carboxylic acid groups (broad SMARTS) is 1.